The van der Waals surface area contributed by atoms with Gasteiger partial charge in [0.05, 0.1) is 5.69 Å². The largest absolute Gasteiger partial charge is 0.361 e. The van der Waals surface area contributed by atoms with Crippen molar-refractivity contribution in [3.05, 3.63) is 23.2 Å². The predicted octanol–water partition coefficient (Wildman–Crippen LogP) is 3.99. The number of hydrogen-bond acceptors (Lipinski definition) is 4. The van der Waals surface area contributed by atoms with Crippen LogP contribution in [0.2, 0.25) is 31.0 Å². The number of fused-ring (bicyclic) bond motifs is 1. The number of nitrogens with zero attached hydrogens (tertiary/aromatic N) is 4. The van der Waals surface area contributed by atoms with Crippen LogP contribution in [0.5, 0.6) is 0 Å². The van der Waals surface area contributed by atoms with E-state index in [0.717, 1.165) is 43.0 Å². The fourth-order valence-electron chi connectivity index (χ4n) is 3.02. The van der Waals surface area contributed by atoms with E-state index >= 15 is 0 Å². The molecule has 0 saturated carbocycles. The lowest BCUT2D eigenvalue weighted by Gasteiger charge is -2.16. The zero-order valence-electron chi connectivity index (χ0n) is 14.9. The molecule has 1 saturated heterocycles. The Kier molecular flexibility index (Phi) is 5.59. The molecule has 0 spiro atoms. The summed E-state index contributed by atoms with van der Waals surface area (Å²) >= 11 is 6.17. The molecule has 0 bridgehead atoms. The van der Waals surface area contributed by atoms with Gasteiger partial charge in [0.25, 0.3) is 0 Å². The van der Waals surface area contributed by atoms with Crippen LogP contribution in [-0.2, 0) is 18.0 Å². The van der Waals surface area contributed by atoms with Crippen LogP contribution in [0.1, 0.15) is 18.5 Å². The second kappa shape index (κ2) is 7.52. The zero-order chi connectivity index (χ0) is 17.2. The summed E-state index contributed by atoms with van der Waals surface area (Å²) in [4.78, 5) is 11.3. The maximum Gasteiger partial charge on any atom is 0.224 e. The first kappa shape index (κ1) is 17.9. The van der Waals surface area contributed by atoms with E-state index in [0.29, 0.717) is 12.0 Å². The Balaban J connectivity index is 1.72. The van der Waals surface area contributed by atoms with Crippen molar-refractivity contribution in [3.8, 4) is 0 Å². The van der Waals surface area contributed by atoms with Crippen LogP contribution in [0, 0.1) is 0 Å². The molecule has 1 fully saturated rings. The molecule has 7 heteroatoms. The SMILES string of the molecule is C[Si](C)(C)CCOCn1ccc2c(CN3CCCC3)nc(Cl)nc21. The highest BCUT2D eigenvalue weighted by molar-refractivity contribution is 6.76. The summed E-state index contributed by atoms with van der Waals surface area (Å²) in [5.74, 6) is 0. The molecule has 24 heavy (non-hydrogen) atoms. The van der Waals surface area contributed by atoms with Crippen LogP contribution < -0.4 is 0 Å². The molecule has 0 unspecified atom stereocenters. The Morgan fingerprint density at radius 3 is 2.67 bits per heavy atom. The highest BCUT2D eigenvalue weighted by Crippen LogP contribution is 2.22. The van der Waals surface area contributed by atoms with E-state index in [-0.39, 0.29) is 0 Å². The Morgan fingerprint density at radius 1 is 1.21 bits per heavy atom. The van der Waals surface area contributed by atoms with E-state index in [1.807, 2.05) is 10.8 Å². The Bertz CT molecular complexity index is 692. The highest BCUT2D eigenvalue weighted by Gasteiger charge is 2.17. The molecule has 3 rings (SSSR count). The first-order chi connectivity index (χ1) is 11.4. The Morgan fingerprint density at radius 2 is 1.96 bits per heavy atom. The summed E-state index contributed by atoms with van der Waals surface area (Å²) < 4.78 is 7.89. The third-order valence-electron chi connectivity index (χ3n) is 4.47. The molecule has 1 aliphatic rings. The number of ether oxygens (including phenoxy) is 1. The Labute approximate surface area is 150 Å². The van der Waals surface area contributed by atoms with Crippen LogP contribution in [0.4, 0.5) is 0 Å². The number of halogens is 1. The minimum atomic E-state index is -1.06. The van der Waals surface area contributed by atoms with Crippen molar-refractivity contribution in [2.75, 3.05) is 19.7 Å². The molecular weight excluding hydrogens is 340 g/mol. The maximum atomic E-state index is 6.17. The molecule has 2 aromatic rings. The van der Waals surface area contributed by atoms with Gasteiger partial charge >= 0.3 is 0 Å². The average Bonchev–Trinajstić information content (AvgIpc) is 3.12. The normalized spacial score (nSPS) is 16.3. The monoisotopic (exact) mass is 366 g/mol. The van der Waals surface area contributed by atoms with Crippen molar-refractivity contribution in [2.45, 2.75) is 51.8 Å². The lowest BCUT2D eigenvalue weighted by Crippen LogP contribution is -2.22. The molecule has 3 heterocycles. The second-order valence-corrected chi connectivity index (χ2v) is 13.8. The van der Waals surface area contributed by atoms with Crippen molar-refractivity contribution in [2.24, 2.45) is 0 Å². The first-order valence-electron chi connectivity index (χ1n) is 8.74. The zero-order valence-corrected chi connectivity index (χ0v) is 16.6. The minimum Gasteiger partial charge on any atom is -0.361 e. The average molecular weight is 367 g/mol. The molecule has 0 atom stereocenters. The van der Waals surface area contributed by atoms with Gasteiger partial charge in [-0.3, -0.25) is 4.90 Å². The van der Waals surface area contributed by atoms with Crippen molar-refractivity contribution in [1.29, 1.82) is 0 Å². The van der Waals surface area contributed by atoms with Gasteiger partial charge in [-0.05, 0) is 49.6 Å². The van der Waals surface area contributed by atoms with E-state index in [4.69, 9.17) is 16.3 Å². The minimum absolute atomic E-state index is 0.318. The molecule has 0 radical (unpaired) electrons. The van der Waals surface area contributed by atoms with Gasteiger partial charge in [0.1, 0.15) is 12.4 Å². The van der Waals surface area contributed by atoms with Crippen molar-refractivity contribution in [1.82, 2.24) is 19.4 Å². The second-order valence-electron chi connectivity index (χ2n) is 7.79. The quantitative estimate of drug-likeness (QED) is 0.422. The lowest BCUT2D eigenvalue weighted by atomic mass is 10.2. The fourth-order valence-corrected chi connectivity index (χ4v) is 3.96. The number of rotatable bonds is 7. The van der Waals surface area contributed by atoms with Gasteiger partial charge in [-0.1, -0.05) is 19.6 Å². The van der Waals surface area contributed by atoms with E-state index in [2.05, 4.69) is 40.6 Å². The summed E-state index contributed by atoms with van der Waals surface area (Å²) in [6.07, 6.45) is 4.57. The fraction of sp³-hybridized carbons (Fsp3) is 0.647. The molecule has 0 aromatic carbocycles. The van der Waals surface area contributed by atoms with Gasteiger partial charge in [0, 0.05) is 32.8 Å². The van der Waals surface area contributed by atoms with Gasteiger partial charge in [-0.2, -0.15) is 4.98 Å². The number of aromatic nitrogens is 3. The van der Waals surface area contributed by atoms with Gasteiger partial charge in [-0.25, -0.2) is 4.98 Å². The maximum absolute atomic E-state index is 6.17. The lowest BCUT2D eigenvalue weighted by molar-refractivity contribution is 0.0899. The van der Waals surface area contributed by atoms with Crippen LogP contribution in [0.3, 0.4) is 0 Å². The summed E-state index contributed by atoms with van der Waals surface area (Å²) in [6.45, 7) is 11.5. The van der Waals surface area contributed by atoms with Gasteiger partial charge in [0.15, 0.2) is 0 Å². The topological polar surface area (TPSA) is 43.2 Å². The third kappa shape index (κ3) is 4.56. The standard InChI is InChI=1S/C17H27ClN4OSi/c1-24(2,3)11-10-23-13-22-9-6-14-15(12-21-7-4-5-8-21)19-17(18)20-16(14)22/h6,9H,4-5,7-8,10-13H2,1-3H3. The van der Waals surface area contributed by atoms with E-state index < -0.39 is 8.07 Å². The Hall–Kier alpha value is -0.953. The molecule has 1 aliphatic heterocycles. The summed E-state index contributed by atoms with van der Waals surface area (Å²) in [5.41, 5.74) is 1.89. The highest BCUT2D eigenvalue weighted by atomic mass is 35.5. The van der Waals surface area contributed by atoms with E-state index in [9.17, 15) is 0 Å². The molecule has 0 aliphatic carbocycles. The molecule has 132 valence electrons. The summed E-state index contributed by atoms with van der Waals surface area (Å²) in [6, 6.07) is 3.25. The number of likely N-dealkylation sites (tertiary alicyclic amines) is 1. The molecule has 2 aromatic heterocycles. The molecule has 0 amide bonds. The van der Waals surface area contributed by atoms with Crippen LogP contribution in [-0.4, -0.2) is 47.2 Å². The first-order valence-corrected chi connectivity index (χ1v) is 12.8. The van der Waals surface area contributed by atoms with E-state index in [1.165, 1.54) is 18.9 Å². The van der Waals surface area contributed by atoms with Crippen LogP contribution in [0.15, 0.2) is 12.3 Å². The van der Waals surface area contributed by atoms with E-state index in [1.54, 1.807) is 0 Å². The smallest absolute Gasteiger partial charge is 0.224 e. The molecule has 5 nitrogen and oxygen atoms in total. The van der Waals surface area contributed by atoms with Crippen LogP contribution in [0.25, 0.3) is 11.0 Å². The van der Waals surface area contributed by atoms with Crippen molar-refractivity contribution in [3.63, 3.8) is 0 Å². The summed E-state index contributed by atoms with van der Waals surface area (Å²) in [7, 11) is -1.06. The van der Waals surface area contributed by atoms with Gasteiger partial charge < -0.3 is 9.30 Å². The summed E-state index contributed by atoms with van der Waals surface area (Å²) in [5, 5.41) is 1.40. The molecular formula is C17H27ClN4OSi. The van der Waals surface area contributed by atoms with Crippen LogP contribution >= 0.6 is 11.6 Å². The molecule has 0 N–H and O–H groups in total. The van der Waals surface area contributed by atoms with Gasteiger partial charge in [0.2, 0.25) is 5.28 Å². The third-order valence-corrected chi connectivity index (χ3v) is 6.34. The number of hydrogen-bond donors (Lipinski definition) is 0. The predicted molar refractivity (Wildman–Crippen MR) is 101 cm³/mol. The van der Waals surface area contributed by atoms with Crippen molar-refractivity contribution < 1.29 is 4.74 Å². The van der Waals surface area contributed by atoms with Gasteiger partial charge in [-0.15, -0.1) is 0 Å². The van der Waals surface area contributed by atoms with Crippen molar-refractivity contribution >= 4 is 30.7 Å².